The van der Waals surface area contributed by atoms with Crippen LogP contribution in [0.15, 0.2) is 291 Å². The number of aromatic nitrogens is 1. The first-order chi connectivity index (χ1) is 37.7. The fraction of sp³-hybridized carbons (Fsp3) is 0.0270. The van der Waals surface area contributed by atoms with Crippen LogP contribution >= 0.6 is 0 Å². The van der Waals surface area contributed by atoms with Gasteiger partial charge in [0.2, 0.25) is 0 Å². The molecule has 2 nitrogen and oxygen atoms in total. The molecule has 13 aromatic rings. The largest absolute Gasteiger partial charge is 0.309 e. The van der Waals surface area contributed by atoms with E-state index in [9.17, 15) is 0 Å². The minimum absolute atomic E-state index is 0.574. The molecule has 354 valence electrons. The van der Waals surface area contributed by atoms with Crippen LogP contribution in [0.3, 0.4) is 0 Å². The van der Waals surface area contributed by atoms with Gasteiger partial charge in [-0.25, -0.2) is 0 Å². The third-order valence-electron chi connectivity index (χ3n) is 17.1. The van der Waals surface area contributed by atoms with Gasteiger partial charge in [-0.05, 0) is 114 Å². The molecular formula is C74H48N2. The van der Waals surface area contributed by atoms with Crippen LogP contribution in [0.5, 0.6) is 0 Å². The highest BCUT2D eigenvalue weighted by molar-refractivity contribution is 6.13. The van der Waals surface area contributed by atoms with Crippen LogP contribution in [0.1, 0.15) is 44.5 Å². The zero-order chi connectivity index (χ0) is 50.0. The smallest absolute Gasteiger partial charge is 0.0755 e. The first kappa shape index (κ1) is 42.7. The summed E-state index contributed by atoms with van der Waals surface area (Å²) in [6.45, 7) is 0. The monoisotopic (exact) mass is 964 g/mol. The number of anilines is 3. The zero-order valence-electron chi connectivity index (χ0n) is 41.6. The maximum Gasteiger partial charge on any atom is 0.0755 e. The molecule has 0 N–H and O–H groups in total. The van der Waals surface area contributed by atoms with Crippen LogP contribution < -0.4 is 4.90 Å². The maximum atomic E-state index is 2.59. The minimum atomic E-state index is -0.623. The van der Waals surface area contributed by atoms with E-state index in [1.165, 1.54) is 105 Å². The highest BCUT2D eigenvalue weighted by atomic mass is 15.1. The topological polar surface area (TPSA) is 8.17 Å². The predicted octanol–water partition coefficient (Wildman–Crippen LogP) is 18.6. The number of nitrogens with zero attached hydrogens (tertiary/aromatic N) is 2. The second-order valence-corrected chi connectivity index (χ2v) is 20.6. The van der Waals surface area contributed by atoms with E-state index in [-0.39, 0.29) is 0 Å². The molecule has 3 aliphatic rings. The van der Waals surface area contributed by atoms with Gasteiger partial charge < -0.3 is 9.47 Å². The van der Waals surface area contributed by atoms with Gasteiger partial charge in [0.15, 0.2) is 0 Å². The van der Waals surface area contributed by atoms with Gasteiger partial charge in [-0.1, -0.05) is 255 Å². The second-order valence-electron chi connectivity index (χ2n) is 20.6. The first-order valence-electron chi connectivity index (χ1n) is 26.5. The predicted molar refractivity (Wildman–Crippen MR) is 315 cm³/mol. The molecule has 1 aromatic heterocycles. The third kappa shape index (κ3) is 5.70. The van der Waals surface area contributed by atoms with E-state index in [4.69, 9.17) is 0 Å². The Bertz CT molecular complexity index is 4410. The lowest BCUT2D eigenvalue weighted by Crippen LogP contribution is -2.33. The normalized spacial score (nSPS) is 15.0. The van der Waals surface area contributed by atoms with Crippen LogP contribution in [0.4, 0.5) is 17.1 Å². The third-order valence-corrected chi connectivity index (χ3v) is 17.1. The molecule has 12 aromatic carbocycles. The summed E-state index contributed by atoms with van der Waals surface area (Å²) in [5.41, 5.74) is 25.8. The van der Waals surface area contributed by atoms with Crippen molar-refractivity contribution < 1.29 is 0 Å². The van der Waals surface area contributed by atoms with E-state index < -0.39 is 10.8 Å². The lowest BCUT2D eigenvalue weighted by molar-refractivity contribution is 0.748. The van der Waals surface area contributed by atoms with E-state index in [0.29, 0.717) is 0 Å². The molecule has 2 heteroatoms. The van der Waals surface area contributed by atoms with Crippen LogP contribution in [0, 0.1) is 0 Å². The highest BCUT2D eigenvalue weighted by Gasteiger charge is 2.52. The highest BCUT2D eigenvalue weighted by Crippen LogP contribution is 2.64. The van der Waals surface area contributed by atoms with Gasteiger partial charge in [-0.15, -0.1) is 0 Å². The molecule has 0 bridgehead atoms. The molecule has 0 saturated heterocycles. The summed E-state index contributed by atoms with van der Waals surface area (Å²) in [7, 11) is 0. The molecule has 1 unspecified atom stereocenters. The van der Waals surface area contributed by atoms with E-state index >= 15 is 0 Å². The number of hydrogen-bond acceptors (Lipinski definition) is 1. The van der Waals surface area contributed by atoms with Gasteiger partial charge in [-0.2, -0.15) is 0 Å². The summed E-state index contributed by atoms with van der Waals surface area (Å²) in [4.78, 5) is 2.59. The maximum absolute atomic E-state index is 2.59. The summed E-state index contributed by atoms with van der Waals surface area (Å²) in [5, 5.41) is 2.54. The zero-order valence-corrected chi connectivity index (χ0v) is 41.6. The van der Waals surface area contributed by atoms with Gasteiger partial charge in [0.25, 0.3) is 0 Å². The Morgan fingerprint density at radius 2 is 0.803 bits per heavy atom. The molecule has 1 spiro atoms. The molecule has 2 heterocycles. The lowest BCUT2D eigenvalue weighted by Gasteiger charge is -2.40. The van der Waals surface area contributed by atoms with Crippen molar-refractivity contribution in [1.29, 1.82) is 0 Å². The Morgan fingerprint density at radius 3 is 1.57 bits per heavy atom. The molecule has 0 saturated carbocycles. The van der Waals surface area contributed by atoms with Crippen molar-refractivity contribution in [2.24, 2.45) is 0 Å². The van der Waals surface area contributed by atoms with Gasteiger partial charge in [0.05, 0.1) is 38.9 Å². The Hall–Kier alpha value is -9.76. The number of hydrogen-bond donors (Lipinski definition) is 0. The summed E-state index contributed by atoms with van der Waals surface area (Å²) in [6.07, 6.45) is 0. The average molecular weight is 965 g/mol. The Kier molecular flexibility index (Phi) is 9.20. The number of benzene rings is 12. The molecule has 0 fully saturated rings. The fourth-order valence-corrected chi connectivity index (χ4v) is 14.1. The Morgan fingerprint density at radius 1 is 0.289 bits per heavy atom. The Balaban J connectivity index is 1.01. The van der Waals surface area contributed by atoms with Crippen LogP contribution in [0.2, 0.25) is 0 Å². The molecule has 76 heavy (non-hydrogen) atoms. The molecule has 1 aliphatic heterocycles. The van der Waals surface area contributed by atoms with Gasteiger partial charge in [0.1, 0.15) is 0 Å². The number of para-hydroxylation sites is 4. The standard InChI is InChI=1S/C74H48N2/c1-4-22-49(23-5-1)50-42-44-51(45-43-50)55-28-12-17-38-67(55)75(70-41-21-36-64-71(70)60-31-11-15-34-62(60)73(64,52-24-6-2-7-25-52)53-26-8-3-9-27-53)54-46-47-57-56-29-10-14-33-61(56)74(66(57)48-54)63-35-16-19-40-69(63)76-68-39-18-13-30-58(68)59-32-20-37-65(74)72(59)76/h1-48H. The molecule has 0 radical (unpaired) electrons. The van der Waals surface area contributed by atoms with E-state index in [0.717, 1.165) is 28.2 Å². The summed E-state index contributed by atoms with van der Waals surface area (Å²) in [6, 6.07) is 109. The SMILES string of the molecule is c1ccc(-c2ccc(-c3ccccc3N(c3ccc4c(c3)C3(c5ccccc5-4)c4ccccc4-n4c5ccccc5c5cccc3c54)c3cccc4c3-c3ccccc3C4(c3ccccc3)c3ccccc3)cc2)cc1. The van der Waals surface area contributed by atoms with E-state index in [1.807, 2.05) is 0 Å². The average Bonchev–Trinajstić information content (AvgIpc) is 4.21. The molecular weight excluding hydrogens is 917 g/mol. The number of rotatable bonds is 7. The van der Waals surface area contributed by atoms with Gasteiger partial charge >= 0.3 is 0 Å². The van der Waals surface area contributed by atoms with Crippen molar-refractivity contribution in [1.82, 2.24) is 4.57 Å². The second kappa shape index (κ2) is 16.4. The molecule has 16 rings (SSSR count). The van der Waals surface area contributed by atoms with E-state index in [2.05, 4.69) is 301 Å². The Labute approximate surface area is 442 Å². The van der Waals surface area contributed by atoms with Gasteiger partial charge in [0, 0.05) is 27.6 Å². The van der Waals surface area contributed by atoms with Crippen molar-refractivity contribution >= 4 is 38.9 Å². The summed E-state index contributed by atoms with van der Waals surface area (Å²) >= 11 is 0. The number of fused-ring (bicyclic) bond motifs is 15. The van der Waals surface area contributed by atoms with Crippen molar-refractivity contribution in [2.75, 3.05) is 4.90 Å². The fourth-order valence-electron chi connectivity index (χ4n) is 14.1. The van der Waals surface area contributed by atoms with E-state index in [1.54, 1.807) is 0 Å². The molecule has 0 amide bonds. The van der Waals surface area contributed by atoms with Crippen LogP contribution in [-0.4, -0.2) is 4.57 Å². The molecule has 2 aliphatic carbocycles. The van der Waals surface area contributed by atoms with Crippen LogP contribution in [-0.2, 0) is 10.8 Å². The van der Waals surface area contributed by atoms with Crippen molar-refractivity contribution in [2.45, 2.75) is 10.8 Å². The quantitative estimate of drug-likeness (QED) is 0.155. The van der Waals surface area contributed by atoms with Crippen molar-refractivity contribution in [3.63, 3.8) is 0 Å². The van der Waals surface area contributed by atoms with Gasteiger partial charge in [-0.3, -0.25) is 0 Å². The molecule has 1 atom stereocenters. The first-order valence-corrected chi connectivity index (χ1v) is 26.5. The summed E-state index contributed by atoms with van der Waals surface area (Å²) in [5.74, 6) is 0. The van der Waals surface area contributed by atoms with Crippen molar-refractivity contribution in [3.05, 3.63) is 336 Å². The van der Waals surface area contributed by atoms with Crippen molar-refractivity contribution in [3.8, 4) is 50.2 Å². The minimum Gasteiger partial charge on any atom is -0.309 e. The van der Waals surface area contributed by atoms with Crippen LogP contribution in [0.25, 0.3) is 72.0 Å². The summed E-state index contributed by atoms with van der Waals surface area (Å²) < 4.78 is 2.53. The lowest BCUT2D eigenvalue weighted by atomic mass is 9.65.